The molecule has 0 saturated carbocycles. The number of rotatable bonds is 2. The van der Waals surface area contributed by atoms with Gasteiger partial charge in [0.15, 0.2) is 0 Å². The lowest BCUT2D eigenvalue weighted by Crippen LogP contribution is -2.00. The summed E-state index contributed by atoms with van der Waals surface area (Å²) < 4.78 is 0.477. The Morgan fingerprint density at radius 3 is 2.69 bits per heavy atom. The summed E-state index contributed by atoms with van der Waals surface area (Å²) in [6.45, 7) is 2.10. The van der Waals surface area contributed by atoms with Crippen molar-refractivity contribution in [3.8, 4) is 0 Å². The summed E-state index contributed by atoms with van der Waals surface area (Å²) in [5.41, 5.74) is 7.10. The predicted molar refractivity (Wildman–Crippen MR) is 53.4 cm³/mol. The van der Waals surface area contributed by atoms with Crippen molar-refractivity contribution in [1.82, 2.24) is 0 Å². The van der Waals surface area contributed by atoms with Gasteiger partial charge in [0.1, 0.15) is 0 Å². The highest BCUT2D eigenvalue weighted by Gasteiger charge is 2.15. The van der Waals surface area contributed by atoms with Gasteiger partial charge in [-0.25, -0.2) is 0 Å². The van der Waals surface area contributed by atoms with Crippen molar-refractivity contribution in [3.05, 3.63) is 37.8 Å². The molecule has 0 atom stereocenters. The molecule has 1 aromatic carbocycles. The molecule has 0 aliphatic rings. The van der Waals surface area contributed by atoms with Crippen LogP contribution in [0.5, 0.6) is 0 Å². The predicted octanol–water partition coefficient (Wildman–Crippen LogP) is 2.12. The van der Waals surface area contributed by atoms with Gasteiger partial charge in [-0.2, -0.15) is 0 Å². The third-order valence-corrected chi connectivity index (χ3v) is 2.61. The molecule has 0 saturated heterocycles. The van der Waals surface area contributed by atoms with E-state index in [0.717, 1.165) is 11.1 Å². The van der Waals surface area contributed by atoms with E-state index in [0.29, 0.717) is 11.0 Å². The molecule has 13 heavy (non-hydrogen) atoms. The fourth-order valence-electron chi connectivity index (χ4n) is 1.10. The largest absolute Gasteiger partial charge is 0.326 e. The van der Waals surface area contributed by atoms with Crippen molar-refractivity contribution in [3.63, 3.8) is 0 Å². The van der Waals surface area contributed by atoms with Crippen LogP contribution in [0.3, 0.4) is 0 Å². The first-order valence-corrected chi connectivity index (χ1v) is 4.49. The standard InChI is InChI=1S/C8H9BrN2O2/c1-5-2-6(4-10)8(9)7(3-5)11(12)13/h2-3H,4,10H2,1H3. The Balaban J connectivity index is 3.35. The summed E-state index contributed by atoms with van der Waals surface area (Å²) in [6, 6.07) is 3.35. The Labute approximate surface area is 84.0 Å². The lowest BCUT2D eigenvalue weighted by molar-refractivity contribution is -0.385. The maximum atomic E-state index is 10.6. The molecule has 5 heteroatoms. The first kappa shape index (κ1) is 10.1. The Morgan fingerprint density at radius 1 is 1.62 bits per heavy atom. The van der Waals surface area contributed by atoms with Crippen LogP contribution in [0, 0.1) is 17.0 Å². The number of nitro groups is 1. The highest BCUT2D eigenvalue weighted by molar-refractivity contribution is 9.10. The van der Waals surface area contributed by atoms with Crippen LogP contribution >= 0.6 is 15.9 Å². The van der Waals surface area contributed by atoms with Crippen LogP contribution in [0.1, 0.15) is 11.1 Å². The molecular weight excluding hydrogens is 236 g/mol. The molecule has 70 valence electrons. The van der Waals surface area contributed by atoms with Crippen LogP contribution in [0.15, 0.2) is 16.6 Å². The molecule has 1 aromatic rings. The van der Waals surface area contributed by atoms with E-state index in [2.05, 4.69) is 15.9 Å². The van der Waals surface area contributed by atoms with Gasteiger partial charge in [0.2, 0.25) is 0 Å². The second kappa shape index (κ2) is 3.85. The average Bonchev–Trinajstić information content (AvgIpc) is 2.08. The average molecular weight is 245 g/mol. The van der Waals surface area contributed by atoms with Gasteiger partial charge in [-0.1, -0.05) is 6.07 Å². The lowest BCUT2D eigenvalue weighted by Gasteiger charge is -2.03. The molecule has 0 amide bonds. The molecule has 0 spiro atoms. The first-order valence-electron chi connectivity index (χ1n) is 3.69. The fraction of sp³-hybridized carbons (Fsp3) is 0.250. The number of hydrogen-bond donors (Lipinski definition) is 1. The molecule has 0 aliphatic carbocycles. The smallest absolute Gasteiger partial charge is 0.284 e. The number of halogens is 1. The highest BCUT2D eigenvalue weighted by atomic mass is 79.9. The van der Waals surface area contributed by atoms with Gasteiger partial charge in [0.05, 0.1) is 9.40 Å². The van der Waals surface area contributed by atoms with Crippen molar-refractivity contribution < 1.29 is 4.92 Å². The second-order valence-corrected chi connectivity index (χ2v) is 3.51. The highest BCUT2D eigenvalue weighted by Crippen LogP contribution is 2.29. The topological polar surface area (TPSA) is 69.2 Å². The zero-order chi connectivity index (χ0) is 10.0. The normalized spacial score (nSPS) is 10.1. The van der Waals surface area contributed by atoms with Gasteiger partial charge in [-0.05, 0) is 34.0 Å². The summed E-state index contributed by atoms with van der Waals surface area (Å²) >= 11 is 3.15. The molecule has 2 N–H and O–H groups in total. The maximum absolute atomic E-state index is 10.6. The van der Waals surface area contributed by atoms with Gasteiger partial charge >= 0.3 is 0 Å². The van der Waals surface area contributed by atoms with Gasteiger partial charge in [0, 0.05) is 12.6 Å². The molecule has 4 nitrogen and oxygen atoms in total. The monoisotopic (exact) mass is 244 g/mol. The van der Waals surface area contributed by atoms with E-state index in [9.17, 15) is 10.1 Å². The zero-order valence-corrected chi connectivity index (χ0v) is 8.67. The van der Waals surface area contributed by atoms with Crippen molar-refractivity contribution >= 4 is 21.6 Å². The van der Waals surface area contributed by atoms with Crippen molar-refractivity contribution in [2.75, 3.05) is 0 Å². The third-order valence-electron chi connectivity index (χ3n) is 1.69. The van der Waals surface area contributed by atoms with Crippen LogP contribution in [-0.2, 0) is 6.54 Å². The Morgan fingerprint density at radius 2 is 2.23 bits per heavy atom. The first-order chi connectivity index (χ1) is 6.06. The molecular formula is C8H9BrN2O2. The van der Waals surface area contributed by atoms with Crippen LogP contribution in [0.25, 0.3) is 0 Å². The molecule has 0 heterocycles. The van der Waals surface area contributed by atoms with E-state index in [1.165, 1.54) is 6.07 Å². The molecule has 0 unspecified atom stereocenters. The molecule has 0 bridgehead atoms. The van der Waals surface area contributed by atoms with E-state index >= 15 is 0 Å². The maximum Gasteiger partial charge on any atom is 0.284 e. The van der Waals surface area contributed by atoms with E-state index in [4.69, 9.17) is 5.73 Å². The SMILES string of the molecule is Cc1cc(CN)c(Br)c([N+](=O)[O-])c1. The number of nitrogens with zero attached hydrogens (tertiary/aromatic N) is 1. The second-order valence-electron chi connectivity index (χ2n) is 2.72. The zero-order valence-electron chi connectivity index (χ0n) is 7.08. The molecule has 0 aromatic heterocycles. The van der Waals surface area contributed by atoms with E-state index in [1.807, 2.05) is 6.07 Å². The number of nitro benzene ring substituents is 1. The Bertz CT molecular complexity index is 352. The van der Waals surface area contributed by atoms with Crippen LogP contribution in [0.4, 0.5) is 5.69 Å². The van der Waals surface area contributed by atoms with Gasteiger partial charge in [-0.15, -0.1) is 0 Å². The minimum atomic E-state index is -0.420. The lowest BCUT2D eigenvalue weighted by atomic mass is 10.1. The summed E-state index contributed by atoms with van der Waals surface area (Å²) in [4.78, 5) is 10.2. The molecule has 1 rings (SSSR count). The fourth-order valence-corrected chi connectivity index (χ4v) is 1.64. The Kier molecular flexibility index (Phi) is 3.00. The molecule has 0 fully saturated rings. The van der Waals surface area contributed by atoms with E-state index in [1.54, 1.807) is 6.92 Å². The minimum Gasteiger partial charge on any atom is -0.326 e. The van der Waals surface area contributed by atoms with Crippen molar-refractivity contribution in [1.29, 1.82) is 0 Å². The number of benzene rings is 1. The number of aryl methyl sites for hydroxylation is 1. The van der Waals surface area contributed by atoms with Crippen molar-refractivity contribution in [2.45, 2.75) is 13.5 Å². The Hall–Kier alpha value is -0.940. The van der Waals surface area contributed by atoms with Crippen molar-refractivity contribution in [2.24, 2.45) is 5.73 Å². The van der Waals surface area contributed by atoms with Crippen LogP contribution < -0.4 is 5.73 Å². The summed E-state index contributed by atoms with van der Waals surface area (Å²) in [6.07, 6.45) is 0. The molecule has 0 radical (unpaired) electrons. The van der Waals surface area contributed by atoms with Gasteiger partial charge in [0.25, 0.3) is 5.69 Å². The van der Waals surface area contributed by atoms with Crippen LogP contribution in [-0.4, -0.2) is 4.92 Å². The summed E-state index contributed by atoms with van der Waals surface area (Å²) in [7, 11) is 0. The van der Waals surface area contributed by atoms with Crippen LogP contribution in [0.2, 0.25) is 0 Å². The quantitative estimate of drug-likeness (QED) is 0.640. The van der Waals surface area contributed by atoms with E-state index < -0.39 is 4.92 Å². The number of hydrogen-bond acceptors (Lipinski definition) is 3. The third kappa shape index (κ3) is 2.05. The summed E-state index contributed by atoms with van der Waals surface area (Å²) in [5, 5.41) is 10.6. The number of nitrogens with two attached hydrogens (primary N) is 1. The van der Waals surface area contributed by atoms with E-state index in [-0.39, 0.29) is 5.69 Å². The molecule has 0 aliphatic heterocycles. The summed E-state index contributed by atoms with van der Waals surface area (Å²) in [5.74, 6) is 0. The van der Waals surface area contributed by atoms with Gasteiger partial charge < -0.3 is 5.73 Å². The van der Waals surface area contributed by atoms with Gasteiger partial charge in [-0.3, -0.25) is 10.1 Å². The minimum absolute atomic E-state index is 0.0699.